The van der Waals surface area contributed by atoms with Gasteiger partial charge < -0.3 is 14.6 Å². The Balaban J connectivity index is 3.96. The van der Waals surface area contributed by atoms with Gasteiger partial charge >= 0.3 is 11.9 Å². The molecular formula is C8H11ClO5. The zero-order valence-electron chi connectivity index (χ0n) is 7.66. The lowest BCUT2D eigenvalue weighted by Gasteiger charge is -2.07. The summed E-state index contributed by atoms with van der Waals surface area (Å²) in [4.78, 5) is 21.8. The SMILES string of the molecule is C=C(OCCO)C(=O)OC(=O)C(C)Cl. The van der Waals surface area contributed by atoms with Crippen molar-refractivity contribution in [1.82, 2.24) is 0 Å². The summed E-state index contributed by atoms with van der Waals surface area (Å²) < 4.78 is 8.87. The number of carbonyl (C=O) groups excluding carboxylic acids is 2. The van der Waals surface area contributed by atoms with E-state index in [4.69, 9.17) is 16.7 Å². The standard InChI is InChI=1S/C8H11ClO5/c1-5(9)7(11)14-8(12)6(2)13-4-3-10/h5,10H,2-4H2,1H3. The smallest absolute Gasteiger partial charge is 0.380 e. The predicted molar refractivity (Wildman–Crippen MR) is 48.6 cm³/mol. The molecule has 0 spiro atoms. The van der Waals surface area contributed by atoms with Crippen molar-refractivity contribution in [1.29, 1.82) is 0 Å². The highest BCUT2D eigenvalue weighted by Crippen LogP contribution is 2.02. The molecule has 0 aromatic heterocycles. The minimum Gasteiger partial charge on any atom is -0.485 e. The van der Waals surface area contributed by atoms with E-state index in [9.17, 15) is 9.59 Å². The molecule has 1 unspecified atom stereocenters. The zero-order chi connectivity index (χ0) is 11.1. The average Bonchev–Trinajstić information content (AvgIpc) is 2.13. The van der Waals surface area contributed by atoms with Crippen LogP contribution in [0.25, 0.3) is 0 Å². The van der Waals surface area contributed by atoms with Gasteiger partial charge in [-0.1, -0.05) is 0 Å². The summed E-state index contributed by atoms with van der Waals surface area (Å²) >= 11 is 5.34. The molecule has 0 amide bonds. The molecule has 0 fully saturated rings. The minimum atomic E-state index is -1.00. The van der Waals surface area contributed by atoms with Crippen molar-refractivity contribution >= 4 is 23.5 Å². The van der Waals surface area contributed by atoms with Gasteiger partial charge in [0.2, 0.25) is 0 Å². The third-order valence-corrected chi connectivity index (χ3v) is 1.29. The van der Waals surface area contributed by atoms with Crippen molar-refractivity contribution in [3.05, 3.63) is 12.3 Å². The summed E-state index contributed by atoms with van der Waals surface area (Å²) in [6, 6.07) is 0. The fourth-order valence-corrected chi connectivity index (χ4v) is 0.502. The Hall–Kier alpha value is -1.07. The number of ether oxygens (including phenoxy) is 2. The maximum Gasteiger partial charge on any atom is 0.380 e. The molecule has 0 aliphatic carbocycles. The van der Waals surface area contributed by atoms with Crippen LogP contribution in [0.4, 0.5) is 0 Å². The van der Waals surface area contributed by atoms with Gasteiger partial charge in [0.25, 0.3) is 0 Å². The molecule has 0 aromatic carbocycles. The van der Waals surface area contributed by atoms with Crippen LogP contribution < -0.4 is 0 Å². The zero-order valence-corrected chi connectivity index (χ0v) is 8.41. The Bertz CT molecular complexity index is 236. The monoisotopic (exact) mass is 222 g/mol. The molecule has 1 atom stereocenters. The largest absolute Gasteiger partial charge is 0.485 e. The third-order valence-electron chi connectivity index (χ3n) is 1.11. The van der Waals surface area contributed by atoms with Gasteiger partial charge in [0.1, 0.15) is 12.0 Å². The number of rotatable bonds is 5. The summed E-state index contributed by atoms with van der Waals surface area (Å²) in [7, 11) is 0. The van der Waals surface area contributed by atoms with Gasteiger partial charge in [-0.3, -0.25) is 0 Å². The molecule has 6 heteroatoms. The summed E-state index contributed by atoms with van der Waals surface area (Å²) in [5.41, 5.74) is 0. The van der Waals surface area contributed by atoms with Crippen LogP contribution in [0.15, 0.2) is 12.3 Å². The van der Waals surface area contributed by atoms with E-state index in [1.165, 1.54) is 6.92 Å². The number of hydrogen-bond acceptors (Lipinski definition) is 5. The van der Waals surface area contributed by atoms with Crippen molar-refractivity contribution in [3.8, 4) is 0 Å². The van der Waals surface area contributed by atoms with Crippen LogP contribution in [0.3, 0.4) is 0 Å². The number of aliphatic hydroxyl groups excluding tert-OH is 1. The van der Waals surface area contributed by atoms with E-state index < -0.39 is 17.3 Å². The van der Waals surface area contributed by atoms with Crippen LogP contribution in [0.2, 0.25) is 0 Å². The van der Waals surface area contributed by atoms with Gasteiger partial charge in [0, 0.05) is 0 Å². The van der Waals surface area contributed by atoms with Crippen molar-refractivity contribution in [3.63, 3.8) is 0 Å². The second-order valence-electron chi connectivity index (χ2n) is 2.32. The van der Waals surface area contributed by atoms with Gasteiger partial charge in [-0.05, 0) is 13.5 Å². The lowest BCUT2D eigenvalue weighted by molar-refractivity contribution is -0.158. The van der Waals surface area contributed by atoms with Crippen LogP contribution in [-0.2, 0) is 19.1 Å². The Kier molecular flexibility index (Phi) is 5.91. The molecule has 5 nitrogen and oxygen atoms in total. The van der Waals surface area contributed by atoms with Crippen LogP contribution in [0, 0.1) is 0 Å². The topological polar surface area (TPSA) is 72.8 Å². The first kappa shape index (κ1) is 12.9. The normalized spacial score (nSPS) is 11.6. The molecule has 0 saturated heterocycles. The third kappa shape index (κ3) is 4.84. The summed E-state index contributed by atoms with van der Waals surface area (Å²) in [6.07, 6.45) is 0. The van der Waals surface area contributed by atoms with Crippen molar-refractivity contribution < 1.29 is 24.2 Å². The lowest BCUT2D eigenvalue weighted by atomic mass is 10.5. The van der Waals surface area contributed by atoms with E-state index in [0.717, 1.165) is 0 Å². The van der Waals surface area contributed by atoms with Crippen LogP contribution in [0.1, 0.15) is 6.92 Å². The predicted octanol–water partition coefficient (Wildman–Crippen LogP) is 0.206. The van der Waals surface area contributed by atoms with Gasteiger partial charge in [-0.25, -0.2) is 9.59 Å². The summed E-state index contributed by atoms with van der Waals surface area (Å²) in [6.45, 7) is 4.23. The van der Waals surface area contributed by atoms with Crippen LogP contribution in [0.5, 0.6) is 0 Å². The molecule has 0 aromatic rings. The van der Waals surface area contributed by atoms with Gasteiger partial charge in [-0.15, -0.1) is 11.6 Å². The fraction of sp³-hybridized carbons (Fsp3) is 0.500. The molecule has 0 radical (unpaired) electrons. The van der Waals surface area contributed by atoms with Gasteiger partial charge in [0.05, 0.1) is 6.61 Å². The Morgan fingerprint density at radius 1 is 1.57 bits per heavy atom. The quantitative estimate of drug-likeness (QED) is 0.237. The van der Waals surface area contributed by atoms with Gasteiger partial charge in [-0.2, -0.15) is 0 Å². The molecule has 14 heavy (non-hydrogen) atoms. The van der Waals surface area contributed by atoms with E-state index in [1.807, 2.05) is 0 Å². The molecule has 0 saturated carbocycles. The van der Waals surface area contributed by atoms with E-state index >= 15 is 0 Å². The number of halogens is 1. The number of carbonyl (C=O) groups is 2. The Labute approximate surface area is 86.3 Å². The van der Waals surface area contributed by atoms with E-state index in [-0.39, 0.29) is 19.0 Å². The summed E-state index contributed by atoms with van der Waals surface area (Å²) in [5, 5.41) is 7.45. The molecular weight excluding hydrogens is 212 g/mol. The first-order chi connectivity index (χ1) is 6.49. The highest BCUT2D eigenvalue weighted by molar-refractivity contribution is 6.30. The lowest BCUT2D eigenvalue weighted by Crippen LogP contribution is -2.21. The van der Waals surface area contributed by atoms with E-state index in [0.29, 0.717) is 0 Å². The second kappa shape index (κ2) is 6.39. The fourth-order valence-electron chi connectivity index (χ4n) is 0.457. The Morgan fingerprint density at radius 3 is 2.57 bits per heavy atom. The van der Waals surface area contributed by atoms with Crippen molar-refractivity contribution in [2.24, 2.45) is 0 Å². The maximum absolute atomic E-state index is 11.0. The molecule has 1 N–H and O–H groups in total. The van der Waals surface area contributed by atoms with E-state index in [2.05, 4.69) is 16.1 Å². The van der Waals surface area contributed by atoms with E-state index in [1.54, 1.807) is 0 Å². The first-order valence-electron chi connectivity index (χ1n) is 3.81. The Morgan fingerprint density at radius 2 is 2.14 bits per heavy atom. The first-order valence-corrected chi connectivity index (χ1v) is 4.25. The number of hydrogen-bond donors (Lipinski definition) is 1. The second-order valence-corrected chi connectivity index (χ2v) is 2.97. The highest BCUT2D eigenvalue weighted by atomic mass is 35.5. The number of esters is 2. The number of aliphatic hydroxyl groups is 1. The molecule has 0 rings (SSSR count). The highest BCUT2D eigenvalue weighted by Gasteiger charge is 2.18. The maximum atomic E-state index is 11.0. The average molecular weight is 223 g/mol. The molecule has 80 valence electrons. The summed E-state index contributed by atoms with van der Waals surface area (Å²) in [5.74, 6) is -2.22. The molecule has 0 aliphatic rings. The molecule has 0 bridgehead atoms. The molecule has 0 aliphatic heterocycles. The van der Waals surface area contributed by atoms with Gasteiger partial charge in [0.15, 0.2) is 5.76 Å². The minimum absolute atomic E-state index is 0.0848. The molecule has 0 heterocycles. The van der Waals surface area contributed by atoms with Crippen LogP contribution >= 0.6 is 11.6 Å². The number of alkyl halides is 1. The van der Waals surface area contributed by atoms with Crippen LogP contribution in [-0.4, -0.2) is 35.6 Å². The van der Waals surface area contributed by atoms with Crippen molar-refractivity contribution in [2.75, 3.05) is 13.2 Å². The van der Waals surface area contributed by atoms with Crippen molar-refractivity contribution in [2.45, 2.75) is 12.3 Å².